The predicted molar refractivity (Wildman–Crippen MR) is 63.6 cm³/mol. The SMILES string of the molecule is CCOP(=O)(OCC)C(F)Sc1ncccn1. The molecule has 0 saturated heterocycles. The minimum absolute atomic E-state index is 0.119. The van der Waals surface area contributed by atoms with Crippen LogP contribution in [0.15, 0.2) is 23.6 Å². The van der Waals surface area contributed by atoms with Gasteiger partial charge in [0.1, 0.15) is 0 Å². The molecule has 96 valence electrons. The lowest BCUT2D eigenvalue weighted by Gasteiger charge is -2.19. The van der Waals surface area contributed by atoms with Crippen molar-refractivity contribution in [2.75, 3.05) is 13.2 Å². The Balaban J connectivity index is 2.72. The minimum Gasteiger partial charge on any atom is -0.306 e. The molecule has 1 heterocycles. The number of hydrogen-bond acceptors (Lipinski definition) is 6. The van der Waals surface area contributed by atoms with E-state index < -0.39 is 12.8 Å². The van der Waals surface area contributed by atoms with E-state index in [-0.39, 0.29) is 18.4 Å². The molecule has 1 unspecified atom stereocenters. The maximum Gasteiger partial charge on any atom is 0.375 e. The molecule has 1 aromatic heterocycles. The molecule has 0 spiro atoms. The van der Waals surface area contributed by atoms with Crippen molar-refractivity contribution in [3.63, 3.8) is 0 Å². The van der Waals surface area contributed by atoms with Gasteiger partial charge in [0.05, 0.1) is 13.2 Å². The van der Waals surface area contributed by atoms with Gasteiger partial charge in [0.2, 0.25) is 0 Å². The van der Waals surface area contributed by atoms with Crippen molar-refractivity contribution < 1.29 is 18.0 Å². The summed E-state index contributed by atoms with van der Waals surface area (Å²) in [4.78, 5) is 7.66. The van der Waals surface area contributed by atoms with Crippen LogP contribution in [0.1, 0.15) is 13.8 Å². The molecule has 1 rings (SSSR count). The first-order valence-electron chi connectivity index (χ1n) is 5.09. The molecule has 0 aliphatic rings. The van der Waals surface area contributed by atoms with E-state index in [0.717, 1.165) is 0 Å². The van der Waals surface area contributed by atoms with Crippen molar-refractivity contribution in [2.24, 2.45) is 0 Å². The summed E-state index contributed by atoms with van der Waals surface area (Å²) in [5, 5.41) is -1.63. The highest BCUT2D eigenvalue weighted by Gasteiger charge is 2.37. The van der Waals surface area contributed by atoms with Crippen molar-refractivity contribution >= 4 is 19.4 Å². The molecule has 0 aliphatic heterocycles. The van der Waals surface area contributed by atoms with Crippen molar-refractivity contribution in [3.8, 4) is 0 Å². The van der Waals surface area contributed by atoms with Gasteiger partial charge in [0.15, 0.2) is 5.16 Å². The molecule has 0 saturated carbocycles. The number of alkyl halides is 1. The van der Waals surface area contributed by atoms with Gasteiger partial charge in [-0.15, -0.1) is 0 Å². The summed E-state index contributed by atoms with van der Waals surface area (Å²) in [6.45, 7) is 3.49. The lowest BCUT2D eigenvalue weighted by Crippen LogP contribution is -2.05. The number of nitrogens with zero attached hydrogens (tertiary/aromatic N) is 2. The Labute approximate surface area is 104 Å². The van der Waals surface area contributed by atoms with Gasteiger partial charge in [0.25, 0.3) is 5.24 Å². The molecule has 0 amide bonds. The maximum absolute atomic E-state index is 13.9. The van der Waals surface area contributed by atoms with Crippen molar-refractivity contribution in [1.29, 1.82) is 0 Å². The summed E-state index contributed by atoms with van der Waals surface area (Å²) < 4.78 is 35.7. The zero-order valence-electron chi connectivity index (χ0n) is 9.58. The van der Waals surface area contributed by atoms with Crippen molar-refractivity contribution in [2.45, 2.75) is 24.2 Å². The Morgan fingerprint density at radius 3 is 2.35 bits per heavy atom. The minimum atomic E-state index is -3.76. The second-order valence-corrected chi connectivity index (χ2v) is 6.23. The summed E-state index contributed by atoms with van der Waals surface area (Å²) >= 11 is 0.628. The second-order valence-electron chi connectivity index (χ2n) is 2.82. The van der Waals surface area contributed by atoms with E-state index >= 15 is 0 Å². The third kappa shape index (κ3) is 4.35. The monoisotopic (exact) mass is 280 g/mol. The fraction of sp³-hybridized carbons (Fsp3) is 0.556. The van der Waals surface area contributed by atoms with Gasteiger partial charge >= 0.3 is 7.60 Å². The third-order valence-corrected chi connectivity index (χ3v) is 5.05. The van der Waals surface area contributed by atoms with Crippen LogP contribution in [0.4, 0.5) is 4.39 Å². The van der Waals surface area contributed by atoms with Crippen LogP contribution in [0.25, 0.3) is 0 Å². The van der Waals surface area contributed by atoms with Crippen LogP contribution in [0.2, 0.25) is 0 Å². The van der Waals surface area contributed by atoms with Crippen LogP contribution in [0.5, 0.6) is 0 Å². The maximum atomic E-state index is 13.9. The molecular weight excluding hydrogens is 266 g/mol. The Hall–Kier alpha value is -0.490. The fourth-order valence-corrected chi connectivity index (χ4v) is 3.62. The molecule has 1 aromatic rings. The quantitative estimate of drug-likeness (QED) is 0.434. The first-order chi connectivity index (χ1) is 8.12. The van der Waals surface area contributed by atoms with Gasteiger partial charge in [-0.2, -0.15) is 0 Å². The van der Waals surface area contributed by atoms with Gasteiger partial charge in [-0.05, 0) is 31.7 Å². The third-order valence-electron chi connectivity index (χ3n) is 1.61. The Morgan fingerprint density at radius 1 is 1.35 bits per heavy atom. The van der Waals surface area contributed by atoms with E-state index in [2.05, 4.69) is 9.97 Å². The lowest BCUT2D eigenvalue weighted by molar-refractivity contribution is 0.205. The van der Waals surface area contributed by atoms with Gasteiger partial charge in [-0.3, -0.25) is 4.57 Å². The fourth-order valence-electron chi connectivity index (χ4n) is 1.01. The largest absolute Gasteiger partial charge is 0.375 e. The molecule has 0 aromatic carbocycles. The standard InChI is InChI=1S/C9H14FN2O3PS/c1-3-14-16(13,15-4-2)8(10)17-9-11-6-5-7-12-9/h5-8H,3-4H2,1-2H3. The molecule has 17 heavy (non-hydrogen) atoms. The summed E-state index contributed by atoms with van der Waals surface area (Å²) in [5.41, 5.74) is 0. The molecule has 0 aliphatic carbocycles. The van der Waals surface area contributed by atoms with Crippen LogP contribution in [0, 0.1) is 0 Å². The Kier molecular flexibility index (Phi) is 6.05. The zero-order valence-corrected chi connectivity index (χ0v) is 11.3. The van der Waals surface area contributed by atoms with E-state index in [0.29, 0.717) is 11.8 Å². The summed E-state index contributed by atoms with van der Waals surface area (Å²) in [6.07, 6.45) is 2.96. The van der Waals surface area contributed by atoms with Gasteiger partial charge in [0, 0.05) is 12.4 Å². The summed E-state index contributed by atoms with van der Waals surface area (Å²) in [6, 6.07) is 1.61. The Morgan fingerprint density at radius 2 is 1.88 bits per heavy atom. The van der Waals surface area contributed by atoms with Crippen molar-refractivity contribution in [3.05, 3.63) is 18.5 Å². The second kappa shape index (κ2) is 7.06. The topological polar surface area (TPSA) is 61.3 Å². The normalized spacial score (nSPS) is 13.6. The number of thioether (sulfide) groups is 1. The van der Waals surface area contributed by atoms with E-state index in [1.807, 2.05) is 0 Å². The highest BCUT2D eigenvalue weighted by atomic mass is 32.2. The molecule has 5 nitrogen and oxygen atoms in total. The summed E-state index contributed by atoms with van der Waals surface area (Å²) in [5.74, 6) is 0. The van der Waals surface area contributed by atoms with Crippen LogP contribution in [0.3, 0.4) is 0 Å². The van der Waals surface area contributed by atoms with E-state index in [9.17, 15) is 8.96 Å². The average Bonchev–Trinajstić information content (AvgIpc) is 2.31. The van der Waals surface area contributed by atoms with E-state index in [1.165, 1.54) is 12.4 Å². The van der Waals surface area contributed by atoms with Crippen LogP contribution in [-0.4, -0.2) is 28.4 Å². The first-order valence-corrected chi connectivity index (χ1v) is 7.58. The average molecular weight is 280 g/mol. The lowest BCUT2D eigenvalue weighted by atomic mass is 10.7. The van der Waals surface area contributed by atoms with Gasteiger partial charge in [-0.25, -0.2) is 14.4 Å². The number of rotatable bonds is 7. The Bertz CT molecular complexity index is 372. The summed E-state index contributed by atoms with van der Waals surface area (Å²) in [7, 11) is -3.76. The van der Waals surface area contributed by atoms with Gasteiger partial charge < -0.3 is 9.05 Å². The van der Waals surface area contributed by atoms with Crippen LogP contribution < -0.4 is 0 Å². The first kappa shape index (κ1) is 14.6. The molecule has 1 atom stereocenters. The molecular formula is C9H14FN2O3PS. The number of aromatic nitrogens is 2. The van der Waals surface area contributed by atoms with Crippen molar-refractivity contribution in [1.82, 2.24) is 9.97 Å². The molecule has 0 fully saturated rings. The van der Waals surface area contributed by atoms with Crippen LogP contribution in [-0.2, 0) is 13.6 Å². The smallest absolute Gasteiger partial charge is 0.306 e. The van der Waals surface area contributed by atoms with E-state index in [1.54, 1.807) is 19.9 Å². The highest BCUT2D eigenvalue weighted by Crippen LogP contribution is 2.58. The highest BCUT2D eigenvalue weighted by molar-refractivity contribution is 8.05. The molecule has 0 radical (unpaired) electrons. The number of halogens is 1. The van der Waals surface area contributed by atoms with Gasteiger partial charge in [-0.1, -0.05) is 0 Å². The molecule has 0 N–H and O–H groups in total. The predicted octanol–water partition coefficient (Wildman–Crippen LogP) is 3.09. The van der Waals surface area contributed by atoms with E-state index in [4.69, 9.17) is 9.05 Å². The molecule has 8 heteroatoms. The molecule has 0 bridgehead atoms. The number of hydrogen-bond donors (Lipinski definition) is 0. The van der Waals surface area contributed by atoms with Crippen LogP contribution >= 0.6 is 19.4 Å². The zero-order chi connectivity index (χ0) is 12.7.